The SMILES string of the molecule is CC(C)Oc1ccc(C(C)N[C@H](CO)C(C)C)cc1. The van der Waals surface area contributed by atoms with Crippen molar-refractivity contribution in [3.63, 3.8) is 0 Å². The smallest absolute Gasteiger partial charge is 0.119 e. The summed E-state index contributed by atoms with van der Waals surface area (Å²) in [5.74, 6) is 1.31. The fraction of sp³-hybridized carbons (Fsp3) is 0.625. The van der Waals surface area contributed by atoms with Gasteiger partial charge < -0.3 is 15.2 Å². The summed E-state index contributed by atoms with van der Waals surface area (Å²) in [6, 6.07) is 8.48. The van der Waals surface area contributed by atoms with Gasteiger partial charge in [0.15, 0.2) is 0 Å². The summed E-state index contributed by atoms with van der Waals surface area (Å²) in [6.07, 6.45) is 0.195. The molecule has 0 aliphatic heterocycles. The third kappa shape index (κ3) is 5.21. The van der Waals surface area contributed by atoms with Gasteiger partial charge in [0.1, 0.15) is 5.75 Å². The van der Waals surface area contributed by atoms with Gasteiger partial charge in [-0.05, 0) is 44.4 Å². The molecule has 0 aliphatic rings. The molecule has 0 aromatic heterocycles. The number of nitrogens with one attached hydrogen (secondary N) is 1. The minimum Gasteiger partial charge on any atom is -0.491 e. The van der Waals surface area contributed by atoms with Gasteiger partial charge in [-0.2, -0.15) is 0 Å². The highest BCUT2D eigenvalue weighted by atomic mass is 16.5. The molecule has 0 bridgehead atoms. The highest BCUT2D eigenvalue weighted by Gasteiger charge is 2.15. The Labute approximate surface area is 117 Å². The van der Waals surface area contributed by atoms with E-state index >= 15 is 0 Å². The van der Waals surface area contributed by atoms with E-state index in [1.54, 1.807) is 0 Å². The predicted octanol–water partition coefficient (Wildman–Crippen LogP) is 3.14. The number of aliphatic hydroxyl groups is 1. The summed E-state index contributed by atoms with van der Waals surface area (Å²) in [5, 5.41) is 12.8. The van der Waals surface area contributed by atoms with E-state index in [-0.39, 0.29) is 24.8 Å². The topological polar surface area (TPSA) is 41.5 Å². The predicted molar refractivity (Wildman–Crippen MR) is 79.5 cm³/mol. The van der Waals surface area contributed by atoms with E-state index in [9.17, 15) is 5.11 Å². The average molecular weight is 265 g/mol. The van der Waals surface area contributed by atoms with Gasteiger partial charge in [0, 0.05) is 12.1 Å². The summed E-state index contributed by atoms with van der Waals surface area (Å²) < 4.78 is 5.63. The Morgan fingerprint density at radius 1 is 1.05 bits per heavy atom. The van der Waals surface area contributed by atoms with Crippen molar-refractivity contribution in [3.8, 4) is 5.75 Å². The Morgan fingerprint density at radius 3 is 2.05 bits per heavy atom. The molecule has 0 saturated heterocycles. The first-order valence-corrected chi connectivity index (χ1v) is 7.07. The van der Waals surface area contributed by atoms with E-state index < -0.39 is 0 Å². The van der Waals surface area contributed by atoms with E-state index in [0.29, 0.717) is 5.92 Å². The Bertz CT molecular complexity index is 360. The lowest BCUT2D eigenvalue weighted by atomic mass is 10.0. The molecule has 0 spiro atoms. The molecule has 1 unspecified atom stereocenters. The lowest BCUT2D eigenvalue weighted by Crippen LogP contribution is -2.38. The van der Waals surface area contributed by atoms with E-state index in [2.05, 4.69) is 38.2 Å². The van der Waals surface area contributed by atoms with Crippen molar-refractivity contribution >= 4 is 0 Å². The van der Waals surface area contributed by atoms with Gasteiger partial charge in [-0.15, -0.1) is 0 Å². The molecule has 3 heteroatoms. The Balaban J connectivity index is 2.64. The number of ether oxygens (including phenoxy) is 1. The Hall–Kier alpha value is -1.06. The molecule has 0 fully saturated rings. The number of hydrogen-bond acceptors (Lipinski definition) is 3. The van der Waals surface area contributed by atoms with Gasteiger partial charge >= 0.3 is 0 Å². The van der Waals surface area contributed by atoms with Crippen LogP contribution in [0, 0.1) is 5.92 Å². The third-order valence-corrected chi connectivity index (χ3v) is 3.22. The summed E-state index contributed by atoms with van der Waals surface area (Å²) >= 11 is 0. The van der Waals surface area contributed by atoms with Crippen LogP contribution in [0.15, 0.2) is 24.3 Å². The third-order valence-electron chi connectivity index (χ3n) is 3.22. The minimum atomic E-state index is 0.126. The normalized spacial score (nSPS) is 14.7. The second kappa shape index (κ2) is 7.51. The zero-order valence-corrected chi connectivity index (χ0v) is 12.7. The number of rotatable bonds is 7. The largest absolute Gasteiger partial charge is 0.491 e. The van der Waals surface area contributed by atoms with Crippen LogP contribution >= 0.6 is 0 Å². The van der Waals surface area contributed by atoms with Crippen molar-refractivity contribution < 1.29 is 9.84 Å². The summed E-state index contributed by atoms with van der Waals surface area (Å²) in [6.45, 7) is 10.5. The van der Waals surface area contributed by atoms with Crippen molar-refractivity contribution in [2.24, 2.45) is 5.92 Å². The molecule has 108 valence electrons. The molecule has 1 aromatic rings. The molecular weight excluding hydrogens is 238 g/mol. The monoisotopic (exact) mass is 265 g/mol. The molecule has 0 aliphatic carbocycles. The van der Waals surface area contributed by atoms with Crippen LogP contribution in [0.3, 0.4) is 0 Å². The molecule has 19 heavy (non-hydrogen) atoms. The molecule has 0 amide bonds. The molecular formula is C16H27NO2. The van der Waals surface area contributed by atoms with Crippen LogP contribution in [-0.4, -0.2) is 23.9 Å². The molecule has 1 aromatic carbocycles. The van der Waals surface area contributed by atoms with Gasteiger partial charge in [0.05, 0.1) is 12.7 Å². The maximum absolute atomic E-state index is 9.35. The van der Waals surface area contributed by atoms with Crippen molar-refractivity contribution in [2.75, 3.05) is 6.61 Å². The van der Waals surface area contributed by atoms with Crippen LogP contribution < -0.4 is 10.1 Å². The zero-order valence-electron chi connectivity index (χ0n) is 12.7. The van der Waals surface area contributed by atoms with Crippen LogP contribution in [0.1, 0.15) is 46.2 Å². The minimum absolute atomic E-state index is 0.126. The molecule has 0 radical (unpaired) electrons. The maximum Gasteiger partial charge on any atom is 0.119 e. The quantitative estimate of drug-likeness (QED) is 0.796. The number of hydrogen-bond donors (Lipinski definition) is 2. The van der Waals surface area contributed by atoms with Gasteiger partial charge in [-0.3, -0.25) is 0 Å². The molecule has 2 N–H and O–H groups in total. The van der Waals surface area contributed by atoms with Crippen molar-refractivity contribution in [2.45, 2.75) is 52.8 Å². The molecule has 2 atom stereocenters. The number of aliphatic hydroxyl groups excluding tert-OH is 1. The first-order chi connectivity index (χ1) is 8.93. The Kier molecular flexibility index (Phi) is 6.32. The zero-order chi connectivity index (χ0) is 14.4. The summed E-state index contributed by atoms with van der Waals surface area (Å²) in [5.41, 5.74) is 1.20. The highest BCUT2D eigenvalue weighted by molar-refractivity contribution is 5.29. The van der Waals surface area contributed by atoms with Crippen LogP contribution in [0.25, 0.3) is 0 Å². The average Bonchev–Trinajstić information content (AvgIpc) is 2.35. The fourth-order valence-corrected chi connectivity index (χ4v) is 1.98. The molecule has 0 saturated carbocycles. The van der Waals surface area contributed by atoms with Crippen molar-refractivity contribution in [1.29, 1.82) is 0 Å². The first kappa shape index (κ1) is 16.0. The van der Waals surface area contributed by atoms with Gasteiger partial charge in [-0.25, -0.2) is 0 Å². The lowest BCUT2D eigenvalue weighted by Gasteiger charge is -2.25. The highest BCUT2D eigenvalue weighted by Crippen LogP contribution is 2.19. The van der Waals surface area contributed by atoms with Crippen molar-refractivity contribution in [1.82, 2.24) is 5.32 Å². The van der Waals surface area contributed by atoms with Gasteiger partial charge in [-0.1, -0.05) is 26.0 Å². The van der Waals surface area contributed by atoms with Crippen LogP contribution in [0.5, 0.6) is 5.75 Å². The maximum atomic E-state index is 9.35. The second-order valence-corrected chi connectivity index (χ2v) is 5.66. The first-order valence-electron chi connectivity index (χ1n) is 7.07. The standard InChI is InChI=1S/C16H27NO2/c1-11(2)16(10-18)17-13(5)14-6-8-15(9-7-14)19-12(3)4/h6-9,11-13,16-18H,10H2,1-5H3/t13?,16-/m1/s1. The fourth-order valence-electron chi connectivity index (χ4n) is 1.98. The number of benzene rings is 1. The summed E-state index contributed by atoms with van der Waals surface area (Å²) in [4.78, 5) is 0. The van der Waals surface area contributed by atoms with E-state index in [1.165, 1.54) is 5.56 Å². The lowest BCUT2D eigenvalue weighted by molar-refractivity contribution is 0.201. The molecule has 0 heterocycles. The van der Waals surface area contributed by atoms with Crippen LogP contribution in [0.2, 0.25) is 0 Å². The Morgan fingerprint density at radius 2 is 1.63 bits per heavy atom. The molecule has 1 rings (SSSR count). The second-order valence-electron chi connectivity index (χ2n) is 5.66. The van der Waals surface area contributed by atoms with E-state index in [0.717, 1.165) is 5.75 Å². The summed E-state index contributed by atoms with van der Waals surface area (Å²) in [7, 11) is 0. The van der Waals surface area contributed by atoms with Gasteiger partial charge in [0.25, 0.3) is 0 Å². The van der Waals surface area contributed by atoms with Crippen LogP contribution in [0.4, 0.5) is 0 Å². The van der Waals surface area contributed by atoms with E-state index in [1.807, 2.05) is 26.0 Å². The van der Waals surface area contributed by atoms with Crippen molar-refractivity contribution in [3.05, 3.63) is 29.8 Å². The molecule has 3 nitrogen and oxygen atoms in total. The van der Waals surface area contributed by atoms with E-state index in [4.69, 9.17) is 4.74 Å². The van der Waals surface area contributed by atoms with Gasteiger partial charge in [0.2, 0.25) is 0 Å². The van der Waals surface area contributed by atoms with Crippen LogP contribution in [-0.2, 0) is 0 Å².